The molecule has 1 aliphatic heterocycles. The topological polar surface area (TPSA) is 66.5 Å². The van der Waals surface area contributed by atoms with Crippen molar-refractivity contribution in [1.82, 2.24) is 4.90 Å². The number of halogens is 1. The maximum Gasteiger partial charge on any atom is 0.264 e. The van der Waals surface area contributed by atoms with E-state index in [0.717, 1.165) is 17.2 Å². The lowest BCUT2D eigenvalue weighted by atomic mass is 9.99. The number of sulfonamides is 1. The molecule has 0 aliphatic carbocycles. The number of benzene rings is 2. The fourth-order valence-corrected chi connectivity index (χ4v) is 3.65. The van der Waals surface area contributed by atoms with Crippen molar-refractivity contribution in [2.24, 2.45) is 0 Å². The number of rotatable bonds is 3. The number of carbonyl (C=O) groups is 1. The minimum atomic E-state index is -4.00. The predicted molar refractivity (Wildman–Crippen MR) is 83.8 cm³/mol. The number of fused-ring (bicyclic) bond motifs is 1. The van der Waals surface area contributed by atoms with Crippen molar-refractivity contribution in [2.45, 2.75) is 17.9 Å². The zero-order valence-corrected chi connectivity index (χ0v) is 13.2. The van der Waals surface area contributed by atoms with Gasteiger partial charge in [0, 0.05) is 19.3 Å². The minimum absolute atomic E-state index is 0.0252. The number of carbonyl (C=O) groups excluding carboxylic acids is 1. The second-order valence-corrected chi connectivity index (χ2v) is 7.10. The Bertz CT molecular complexity index is 881. The van der Waals surface area contributed by atoms with Crippen molar-refractivity contribution in [1.29, 1.82) is 0 Å². The average molecular weight is 334 g/mol. The van der Waals surface area contributed by atoms with Crippen molar-refractivity contribution in [3.05, 3.63) is 59.4 Å². The molecule has 3 rings (SSSR count). The Hall–Kier alpha value is -2.41. The van der Waals surface area contributed by atoms with Gasteiger partial charge in [-0.25, -0.2) is 12.8 Å². The Balaban J connectivity index is 1.91. The van der Waals surface area contributed by atoms with E-state index >= 15 is 0 Å². The summed E-state index contributed by atoms with van der Waals surface area (Å²) in [6, 6.07) is 10.2. The molecule has 0 fully saturated rings. The monoisotopic (exact) mass is 334 g/mol. The molecule has 0 unspecified atom stereocenters. The first-order chi connectivity index (χ1) is 10.9. The van der Waals surface area contributed by atoms with Crippen LogP contribution in [-0.2, 0) is 27.8 Å². The summed E-state index contributed by atoms with van der Waals surface area (Å²) in [5.74, 6) is -0.777. The molecule has 1 amide bonds. The van der Waals surface area contributed by atoms with E-state index in [-0.39, 0.29) is 5.91 Å². The van der Waals surface area contributed by atoms with Gasteiger partial charge in [-0.1, -0.05) is 18.2 Å². The highest BCUT2D eigenvalue weighted by atomic mass is 32.2. The van der Waals surface area contributed by atoms with Crippen LogP contribution in [0, 0.1) is 5.82 Å². The maximum absolute atomic E-state index is 13.7. The molecule has 2 aromatic carbocycles. The molecule has 120 valence electrons. The summed E-state index contributed by atoms with van der Waals surface area (Å²) in [6.07, 6.45) is 0.298. The molecule has 0 radical (unpaired) electrons. The van der Waals surface area contributed by atoms with Crippen molar-refractivity contribution >= 4 is 21.6 Å². The van der Waals surface area contributed by atoms with Gasteiger partial charge in [0.2, 0.25) is 5.91 Å². The molecule has 0 saturated heterocycles. The second kappa shape index (κ2) is 5.66. The summed E-state index contributed by atoms with van der Waals surface area (Å²) in [7, 11) is -2.30. The van der Waals surface area contributed by atoms with Crippen LogP contribution < -0.4 is 4.72 Å². The van der Waals surface area contributed by atoms with Crippen LogP contribution in [0.4, 0.5) is 10.1 Å². The van der Waals surface area contributed by atoms with Gasteiger partial charge in [0.1, 0.15) is 10.7 Å². The predicted octanol–water partition coefficient (Wildman–Crippen LogP) is 2.14. The first-order valence-electron chi connectivity index (χ1n) is 7.00. The van der Waals surface area contributed by atoms with Gasteiger partial charge in [-0.2, -0.15) is 0 Å². The van der Waals surface area contributed by atoms with Crippen LogP contribution in [0.15, 0.2) is 47.4 Å². The van der Waals surface area contributed by atoms with E-state index in [1.807, 2.05) is 0 Å². The Kier molecular flexibility index (Phi) is 3.81. The molecule has 23 heavy (non-hydrogen) atoms. The van der Waals surface area contributed by atoms with Crippen molar-refractivity contribution < 1.29 is 17.6 Å². The highest BCUT2D eigenvalue weighted by molar-refractivity contribution is 7.92. The Labute approximate surface area is 133 Å². The molecule has 1 aliphatic rings. The summed E-state index contributed by atoms with van der Waals surface area (Å²) in [5.41, 5.74) is 2.09. The zero-order chi connectivity index (χ0) is 16.6. The van der Waals surface area contributed by atoms with Crippen molar-refractivity contribution in [3.63, 3.8) is 0 Å². The fraction of sp³-hybridized carbons (Fsp3) is 0.188. The third kappa shape index (κ3) is 3.05. The van der Waals surface area contributed by atoms with E-state index < -0.39 is 20.7 Å². The lowest BCUT2D eigenvalue weighted by Gasteiger charge is -2.25. The molecule has 0 spiro atoms. The fourth-order valence-electron chi connectivity index (χ4n) is 2.52. The smallest absolute Gasteiger partial charge is 0.264 e. The van der Waals surface area contributed by atoms with Crippen LogP contribution in [0.3, 0.4) is 0 Å². The normalized spacial score (nSPS) is 14.5. The number of nitrogens with one attached hydrogen (secondary N) is 1. The molecule has 1 N–H and O–H groups in total. The van der Waals surface area contributed by atoms with Crippen LogP contribution in [0.25, 0.3) is 0 Å². The van der Waals surface area contributed by atoms with Gasteiger partial charge in [-0.3, -0.25) is 9.52 Å². The largest absolute Gasteiger partial charge is 0.341 e. The van der Waals surface area contributed by atoms with E-state index in [9.17, 15) is 17.6 Å². The summed E-state index contributed by atoms with van der Waals surface area (Å²) in [5, 5.41) is 0. The number of nitrogens with zero attached hydrogens (tertiary/aromatic N) is 1. The van der Waals surface area contributed by atoms with E-state index in [0.29, 0.717) is 18.7 Å². The van der Waals surface area contributed by atoms with E-state index in [1.54, 1.807) is 30.1 Å². The molecule has 0 saturated carbocycles. The zero-order valence-electron chi connectivity index (χ0n) is 12.4. The van der Waals surface area contributed by atoms with Crippen LogP contribution in [-0.4, -0.2) is 26.3 Å². The number of hydrogen-bond acceptors (Lipinski definition) is 3. The summed E-state index contributed by atoms with van der Waals surface area (Å²) >= 11 is 0. The maximum atomic E-state index is 13.7. The van der Waals surface area contributed by atoms with Gasteiger partial charge in [0.05, 0.1) is 6.42 Å². The molecule has 0 aromatic heterocycles. The number of hydrogen-bond donors (Lipinski definition) is 1. The lowest BCUT2D eigenvalue weighted by molar-refractivity contribution is -0.130. The van der Waals surface area contributed by atoms with Gasteiger partial charge < -0.3 is 4.90 Å². The van der Waals surface area contributed by atoms with Crippen molar-refractivity contribution in [2.75, 3.05) is 11.8 Å². The highest BCUT2D eigenvalue weighted by Gasteiger charge is 2.22. The molecule has 0 bridgehead atoms. The second-order valence-electron chi connectivity index (χ2n) is 5.45. The van der Waals surface area contributed by atoms with Crippen molar-refractivity contribution in [3.8, 4) is 0 Å². The summed E-state index contributed by atoms with van der Waals surface area (Å²) in [4.78, 5) is 12.8. The first-order valence-corrected chi connectivity index (χ1v) is 8.48. The number of amides is 1. The van der Waals surface area contributed by atoms with E-state index in [4.69, 9.17) is 0 Å². The molecular formula is C16H15FN2O3S. The van der Waals surface area contributed by atoms with Crippen LogP contribution in [0.2, 0.25) is 0 Å². The van der Waals surface area contributed by atoms with Gasteiger partial charge >= 0.3 is 0 Å². The highest BCUT2D eigenvalue weighted by Crippen LogP contribution is 2.25. The van der Waals surface area contributed by atoms with Gasteiger partial charge in [0.25, 0.3) is 10.0 Å². The standard InChI is InChI=1S/C16H15FN2O3S/c1-19-10-12-8-13(7-6-11(12)9-16(19)20)18-23(21,22)15-5-3-2-4-14(15)17/h2-8,18H,9-10H2,1H3. The summed E-state index contributed by atoms with van der Waals surface area (Å²) < 4.78 is 40.7. The molecule has 1 heterocycles. The minimum Gasteiger partial charge on any atom is -0.341 e. The van der Waals surface area contributed by atoms with E-state index in [1.165, 1.54) is 18.2 Å². The van der Waals surface area contributed by atoms with Crippen LogP contribution in [0.5, 0.6) is 0 Å². The third-order valence-corrected chi connectivity index (χ3v) is 5.17. The quantitative estimate of drug-likeness (QED) is 0.935. The summed E-state index contributed by atoms with van der Waals surface area (Å²) in [6.45, 7) is 0.420. The first kappa shape index (κ1) is 15.5. The Morgan fingerprint density at radius 1 is 1.13 bits per heavy atom. The molecular weight excluding hydrogens is 319 g/mol. The van der Waals surface area contributed by atoms with Gasteiger partial charge in [-0.05, 0) is 35.4 Å². The van der Waals surface area contributed by atoms with E-state index in [2.05, 4.69) is 4.72 Å². The van der Waals surface area contributed by atoms with Gasteiger partial charge in [0.15, 0.2) is 0 Å². The van der Waals surface area contributed by atoms with Crippen LogP contribution >= 0.6 is 0 Å². The lowest BCUT2D eigenvalue weighted by Crippen LogP contribution is -2.32. The number of anilines is 1. The molecule has 5 nitrogen and oxygen atoms in total. The number of likely N-dealkylation sites (N-methyl/N-ethyl adjacent to an activating group) is 1. The third-order valence-electron chi connectivity index (χ3n) is 3.76. The molecule has 2 aromatic rings. The Morgan fingerprint density at radius 3 is 2.61 bits per heavy atom. The van der Waals surface area contributed by atoms with Gasteiger partial charge in [-0.15, -0.1) is 0 Å². The Morgan fingerprint density at radius 2 is 1.87 bits per heavy atom. The molecule has 0 atom stereocenters. The van der Waals surface area contributed by atoms with Crippen LogP contribution in [0.1, 0.15) is 11.1 Å². The molecule has 7 heteroatoms. The average Bonchev–Trinajstić information content (AvgIpc) is 2.48. The SMILES string of the molecule is CN1Cc2cc(NS(=O)(=O)c3ccccc3F)ccc2CC1=O.